The fourth-order valence-electron chi connectivity index (χ4n) is 1.50. The zero-order valence-corrected chi connectivity index (χ0v) is 11.4. The monoisotopic (exact) mass is 283 g/mol. The van der Waals surface area contributed by atoms with Crippen molar-refractivity contribution in [2.24, 2.45) is 0 Å². The second-order valence-electron chi connectivity index (χ2n) is 3.72. The molecule has 0 aliphatic carbocycles. The van der Waals surface area contributed by atoms with Crippen LogP contribution in [0.15, 0.2) is 34.7 Å². The van der Waals surface area contributed by atoms with Gasteiger partial charge in [-0.1, -0.05) is 6.07 Å². The number of hydrogen-bond donors (Lipinski definition) is 2. The molecule has 1 aromatic heterocycles. The maximum absolute atomic E-state index is 12.1. The van der Waals surface area contributed by atoms with Gasteiger partial charge in [-0.15, -0.1) is 11.3 Å². The summed E-state index contributed by atoms with van der Waals surface area (Å²) in [6.45, 7) is 1.88. The van der Waals surface area contributed by atoms with Crippen LogP contribution in [0.4, 0.5) is 5.69 Å². The smallest absolute Gasteiger partial charge is 0.241 e. The van der Waals surface area contributed by atoms with Crippen molar-refractivity contribution in [2.45, 2.75) is 18.4 Å². The molecule has 7 heteroatoms. The van der Waals surface area contributed by atoms with Crippen LogP contribution in [0.25, 0.3) is 0 Å². The summed E-state index contributed by atoms with van der Waals surface area (Å²) in [5.74, 6) is 0. The van der Waals surface area contributed by atoms with Crippen LogP contribution < -0.4 is 10.5 Å². The number of aromatic nitrogens is 1. The highest BCUT2D eigenvalue weighted by atomic mass is 32.2. The number of hydrogen-bond acceptors (Lipinski definition) is 5. The van der Waals surface area contributed by atoms with E-state index in [0.717, 1.165) is 5.01 Å². The molecule has 0 amide bonds. The van der Waals surface area contributed by atoms with E-state index in [-0.39, 0.29) is 11.4 Å². The second-order valence-corrected chi connectivity index (χ2v) is 6.44. The van der Waals surface area contributed by atoms with E-state index in [1.165, 1.54) is 17.4 Å². The third-order valence-electron chi connectivity index (χ3n) is 2.51. The summed E-state index contributed by atoms with van der Waals surface area (Å²) in [5, 5.41) is 2.52. The summed E-state index contributed by atoms with van der Waals surface area (Å²) in [6.07, 6.45) is 1.64. The van der Waals surface area contributed by atoms with Crippen LogP contribution in [0.2, 0.25) is 0 Å². The van der Waals surface area contributed by atoms with Crippen LogP contribution in [0.1, 0.15) is 10.6 Å². The van der Waals surface area contributed by atoms with Gasteiger partial charge < -0.3 is 5.73 Å². The minimum Gasteiger partial charge on any atom is -0.398 e. The van der Waals surface area contributed by atoms with Crippen LogP contribution in [-0.2, 0) is 16.6 Å². The van der Waals surface area contributed by atoms with Gasteiger partial charge in [0.05, 0.1) is 11.4 Å². The van der Waals surface area contributed by atoms with Crippen molar-refractivity contribution in [3.8, 4) is 0 Å². The lowest BCUT2D eigenvalue weighted by Gasteiger charge is -2.09. The number of nitrogens with one attached hydrogen (secondary N) is 1. The minimum absolute atomic E-state index is 0.189. The highest BCUT2D eigenvalue weighted by Crippen LogP contribution is 2.20. The van der Waals surface area contributed by atoms with Gasteiger partial charge >= 0.3 is 0 Å². The molecule has 1 heterocycles. The number of nitrogens with two attached hydrogens (primary N) is 1. The Hall–Kier alpha value is -1.44. The maximum atomic E-state index is 12.1. The Bertz CT molecular complexity index is 636. The molecule has 0 atom stereocenters. The first kappa shape index (κ1) is 13.0. The third kappa shape index (κ3) is 2.69. The highest BCUT2D eigenvalue weighted by Gasteiger charge is 2.17. The average Bonchev–Trinajstić information content (AvgIpc) is 2.83. The average molecular weight is 283 g/mol. The van der Waals surface area contributed by atoms with Gasteiger partial charge in [-0.3, -0.25) is 0 Å². The summed E-state index contributed by atoms with van der Waals surface area (Å²) < 4.78 is 26.7. The van der Waals surface area contributed by atoms with E-state index in [4.69, 9.17) is 5.73 Å². The van der Waals surface area contributed by atoms with Gasteiger partial charge in [0.2, 0.25) is 10.0 Å². The molecular formula is C11H13N3O2S2. The number of thiazole rings is 1. The van der Waals surface area contributed by atoms with Gasteiger partial charge in [-0.05, 0) is 24.6 Å². The van der Waals surface area contributed by atoms with Crippen molar-refractivity contribution in [3.05, 3.63) is 40.3 Å². The van der Waals surface area contributed by atoms with E-state index in [9.17, 15) is 8.42 Å². The first-order valence-corrected chi connectivity index (χ1v) is 7.60. The van der Waals surface area contributed by atoms with Crippen LogP contribution in [-0.4, -0.2) is 13.4 Å². The molecule has 0 aliphatic rings. The molecule has 0 aliphatic heterocycles. The maximum Gasteiger partial charge on any atom is 0.241 e. The van der Waals surface area contributed by atoms with Gasteiger partial charge in [0.1, 0.15) is 5.01 Å². The van der Waals surface area contributed by atoms with Crippen molar-refractivity contribution in [1.82, 2.24) is 9.71 Å². The molecule has 18 heavy (non-hydrogen) atoms. The Morgan fingerprint density at radius 3 is 2.89 bits per heavy atom. The first-order chi connectivity index (χ1) is 8.50. The zero-order chi connectivity index (χ0) is 13.2. The fraction of sp³-hybridized carbons (Fsp3) is 0.182. The largest absolute Gasteiger partial charge is 0.398 e. The second kappa shape index (κ2) is 5.05. The lowest BCUT2D eigenvalue weighted by Crippen LogP contribution is -2.24. The number of benzene rings is 1. The molecule has 5 nitrogen and oxygen atoms in total. The fourth-order valence-corrected chi connectivity index (χ4v) is 3.41. The summed E-state index contributed by atoms with van der Waals surface area (Å²) in [7, 11) is -3.55. The molecule has 0 bridgehead atoms. The normalized spacial score (nSPS) is 11.6. The lowest BCUT2D eigenvalue weighted by molar-refractivity contribution is 0.580. The quantitative estimate of drug-likeness (QED) is 0.833. The van der Waals surface area contributed by atoms with E-state index >= 15 is 0 Å². The van der Waals surface area contributed by atoms with E-state index < -0.39 is 10.0 Å². The van der Waals surface area contributed by atoms with Gasteiger partial charge in [0.15, 0.2) is 0 Å². The molecule has 1 aromatic carbocycles. The molecule has 2 rings (SSSR count). The van der Waals surface area contributed by atoms with Crippen LogP contribution in [0.3, 0.4) is 0 Å². The number of anilines is 1. The molecule has 96 valence electrons. The SMILES string of the molecule is Cc1c(N)cccc1S(=O)(=O)NCc1nccs1. The molecule has 2 aromatic rings. The standard InChI is InChI=1S/C11H13N3O2S2/c1-8-9(12)3-2-4-10(8)18(15,16)14-7-11-13-5-6-17-11/h2-6,14H,7,12H2,1H3. The van der Waals surface area contributed by atoms with E-state index in [1.807, 2.05) is 0 Å². The van der Waals surface area contributed by atoms with Crippen molar-refractivity contribution in [3.63, 3.8) is 0 Å². The van der Waals surface area contributed by atoms with E-state index in [1.54, 1.807) is 30.6 Å². The van der Waals surface area contributed by atoms with Crippen LogP contribution in [0, 0.1) is 6.92 Å². The Morgan fingerprint density at radius 1 is 1.44 bits per heavy atom. The molecule has 0 saturated heterocycles. The van der Waals surface area contributed by atoms with Gasteiger partial charge in [-0.2, -0.15) is 0 Å². The number of nitrogen functional groups attached to an aromatic ring is 1. The van der Waals surface area contributed by atoms with Gasteiger partial charge in [0.25, 0.3) is 0 Å². The van der Waals surface area contributed by atoms with E-state index in [0.29, 0.717) is 11.3 Å². The third-order valence-corrected chi connectivity index (χ3v) is 4.84. The molecule has 0 unspecified atom stereocenters. The number of sulfonamides is 1. The molecule has 3 N–H and O–H groups in total. The summed E-state index contributed by atoms with van der Waals surface area (Å²) >= 11 is 1.40. The van der Waals surface area contributed by atoms with Crippen molar-refractivity contribution in [1.29, 1.82) is 0 Å². The zero-order valence-electron chi connectivity index (χ0n) is 9.75. The molecule has 0 saturated carbocycles. The van der Waals surface area contributed by atoms with Gasteiger partial charge in [0, 0.05) is 17.3 Å². The highest BCUT2D eigenvalue weighted by molar-refractivity contribution is 7.89. The number of nitrogens with zero attached hydrogens (tertiary/aromatic N) is 1. The van der Waals surface area contributed by atoms with Crippen molar-refractivity contribution < 1.29 is 8.42 Å². The summed E-state index contributed by atoms with van der Waals surface area (Å²) in [6, 6.07) is 4.84. The predicted molar refractivity (Wildman–Crippen MR) is 71.7 cm³/mol. The minimum atomic E-state index is -3.55. The van der Waals surface area contributed by atoms with Crippen molar-refractivity contribution in [2.75, 3.05) is 5.73 Å². The molecule has 0 spiro atoms. The number of rotatable bonds is 4. The topological polar surface area (TPSA) is 85.1 Å². The predicted octanol–water partition coefficient (Wildman–Crippen LogP) is 1.51. The summed E-state index contributed by atoms with van der Waals surface area (Å²) in [4.78, 5) is 4.23. The Balaban J connectivity index is 2.23. The lowest BCUT2D eigenvalue weighted by atomic mass is 10.2. The Morgan fingerprint density at radius 2 is 2.22 bits per heavy atom. The Kier molecular flexibility index (Phi) is 3.65. The first-order valence-electron chi connectivity index (χ1n) is 5.24. The molecular weight excluding hydrogens is 270 g/mol. The molecule has 0 radical (unpaired) electrons. The summed E-state index contributed by atoms with van der Waals surface area (Å²) in [5.41, 5.74) is 6.73. The van der Waals surface area contributed by atoms with Crippen molar-refractivity contribution >= 4 is 27.0 Å². The van der Waals surface area contributed by atoms with Crippen LogP contribution >= 0.6 is 11.3 Å². The molecule has 0 fully saturated rings. The Labute approximate surface area is 110 Å². The van der Waals surface area contributed by atoms with Gasteiger partial charge in [-0.25, -0.2) is 18.1 Å². The van der Waals surface area contributed by atoms with E-state index in [2.05, 4.69) is 9.71 Å². The van der Waals surface area contributed by atoms with Crippen LogP contribution in [0.5, 0.6) is 0 Å².